The number of benzene rings is 1. The largest absolute Gasteiger partial charge is 0.396 e. The molecule has 1 fully saturated rings. The Kier molecular flexibility index (Phi) is 5.80. The van der Waals surface area contributed by atoms with Crippen molar-refractivity contribution in [1.29, 1.82) is 0 Å². The van der Waals surface area contributed by atoms with Crippen molar-refractivity contribution < 1.29 is 5.11 Å². The van der Waals surface area contributed by atoms with E-state index in [1.165, 1.54) is 16.5 Å². The lowest BCUT2D eigenvalue weighted by molar-refractivity contribution is 0.273. The number of aliphatic hydroxyl groups excluding tert-OH is 1. The third kappa shape index (κ3) is 4.57. The molecule has 1 saturated carbocycles. The van der Waals surface area contributed by atoms with E-state index in [1.807, 2.05) is 0 Å². The van der Waals surface area contributed by atoms with Crippen LogP contribution in [0.4, 0.5) is 0 Å². The van der Waals surface area contributed by atoms with Gasteiger partial charge in [0.1, 0.15) is 0 Å². The Morgan fingerprint density at radius 1 is 1.43 bits per heavy atom. The topological polar surface area (TPSA) is 20.2 Å². The molecule has 1 aliphatic rings. The fourth-order valence-electron chi connectivity index (χ4n) is 2.14. The molecule has 0 radical (unpaired) electrons. The summed E-state index contributed by atoms with van der Waals surface area (Å²) in [5, 5.41) is 10.4. The van der Waals surface area contributed by atoms with Gasteiger partial charge in [-0.3, -0.25) is 0 Å². The van der Waals surface area contributed by atoms with Crippen LogP contribution in [0.2, 0.25) is 0 Å². The van der Waals surface area contributed by atoms with E-state index in [1.54, 1.807) is 0 Å². The molecule has 3 unspecified atom stereocenters. The molecule has 3 atom stereocenters. The van der Waals surface area contributed by atoms with Crippen LogP contribution in [-0.2, 0) is 0 Å². The minimum atomic E-state index is 0.269. The molecule has 0 spiro atoms. The van der Waals surface area contributed by atoms with Crippen LogP contribution in [0.15, 0.2) is 42.5 Å². The van der Waals surface area contributed by atoms with Gasteiger partial charge < -0.3 is 5.11 Å². The third-order valence-corrected chi connectivity index (χ3v) is 4.80. The van der Waals surface area contributed by atoms with Crippen molar-refractivity contribution in [2.75, 3.05) is 13.3 Å². The fourth-order valence-corrected chi connectivity index (χ4v) is 2.95. The van der Waals surface area contributed by atoms with Gasteiger partial charge in [-0.25, -0.2) is 0 Å². The molecule has 1 aromatic carbocycles. The second kappa shape index (κ2) is 7.60. The number of allylic oxidation sites excluding steroid dienone is 2. The van der Waals surface area contributed by atoms with Gasteiger partial charge >= 0.3 is 0 Å². The predicted octanol–water partition coefficient (Wildman–Crippen LogP) is 4.28. The lowest BCUT2D eigenvalue weighted by Gasteiger charge is -2.06. The van der Waals surface area contributed by atoms with Crippen molar-refractivity contribution in [1.82, 2.24) is 0 Å². The van der Waals surface area contributed by atoms with Crippen molar-refractivity contribution in [2.45, 2.75) is 19.8 Å². The number of hydrogen-bond acceptors (Lipinski definition) is 1. The molecule has 0 aromatic heterocycles. The van der Waals surface area contributed by atoms with Gasteiger partial charge in [-0.05, 0) is 48.4 Å². The molecule has 1 aliphatic carbocycles. The normalized spacial score (nSPS) is 21.2. The fraction of sp³-hybridized carbons (Fsp3) is 0.368. The van der Waals surface area contributed by atoms with E-state index < -0.39 is 0 Å². The summed E-state index contributed by atoms with van der Waals surface area (Å²) in [6.07, 6.45) is 4.24. The SMILES string of the molecule is C=C(/C=C(\PC)c1ccc(C#CC2CC2CO)cc1)CC. The molecular formula is C19H23OP. The summed E-state index contributed by atoms with van der Waals surface area (Å²) >= 11 is 0. The zero-order valence-corrected chi connectivity index (χ0v) is 13.8. The van der Waals surface area contributed by atoms with Crippen molar-refractivity contribution in [3.05, 3.63) is 53.6 Å². The summed E-state index contributed by atoms with van der Waals surface area (Å²) in [4.78, 5) is 0. The summed E-state index contributed by atoms with van der Waals surface area (Å²) in [6, 6.07) is 8.46. The van der Waals surface area contributed by atoms with Crippen molar-refractivity contribution >= 4 is 13.9 Å². The Morgan fingerprint density at radius 3 is 2.67 bits per heavy atom. The van der Waals surface area contributed by atoms with Crippen LogP contribution in [0.1, 0.15) is 30.9 Å². The smallest absolute Gasteiger partial charge is 0.0471 e. The number of rotatable bonds is 5. The van der Waals surface area contributed by atoms with Gasteiger partial charge in [0.25, 0.3) is 0 Å². The summed E-state index contributed by atoms with van der Waals surface area (Å²) in [7, 11) is 0.759. The van der Waals surface area contributed by atoms with E-state index in [4.69, 9.17) is 5.11 Å². The van der Waals surface area contributed by atoms with E-state index in [0.717, 1.165) is 27.0 Å². The van der Waals surface area contributed by atoms with E-state index in [9.17, 15) is 0 Å². The lowest BCUT2D eigenvalue weighted by atomic mass is 10.1. The molecule has 110 valence electrons. The van der Waals surface area contributed by atoms with Gasteiger partial charge in [0.2, 0.25) is 0 Å². The number of aliphatic hydroxyl groups is 1. The highest BCUT2D eigenvalue weighted by atomic mass is 31.1. The third-order valence-electron chi connectivity index (χ3n) is 3.83. The molecule has 2 heteroatoms. The first-order chi connectivity index (χ1) is 10.2. The van der Waals surface area contributed by atoms with Gasteiger partial charge in [-0.1, -0.05) is 57.7 Å². The minimum absolute atomic E-state index is 0.269. The molecule has 2 rings (SSSR count). The average molecular weight is 298 g/mol. The van der Waals surface area contributed by atoms with Gasteiger partial charge in [-0.15, -0.1) is 0 Å². The molecule has 21 heavy (non-hydrogen) atoms. The van der Waals surface area contributed by atoms with Gasteiger partial charge in [0, 0.05) is 18.1 Å². The molecule has 0 saturated heterocycles. The van der Waals surface area contributed by atoms with Gasteiger partial charge in [0.05, 0.1) is 0 Å². The van der Waals surface area contributed by atoms with E-state index in [0.29, 0.717) is 11.8 Å². The van der Waals surface area contributed by atoms with Crippen molar-refractivity contribution in [2.24, 2.45) is 11.8 Å². The highest BCUT2D eigenvalue weighted by molar-refractivity contribution is 7.49. The predicted molar refractivity (Wildman–Crippen MR) is 93.6 cm³/mol. The van der Waals surface area contributed by atoms with Crippen LogP contribution in [0.5, 0.6) is 0 Å². The lowest BCUT2D eigenvalue weighted by Crippen LogP contribution is -1.86. The van der Waals surface area contributed by atoms with Gasteiger partial charge in [0.15, 0.2) is 0 Å². The molecule has 0 amide bonds. The molecule has 1 N–H and O–H groups in total. The molecule has 0 heterocycles. The quantitative estimate of drug-likeness (QED) is 0.488. The number of hydrogen-bond donors (Lipinski definition) is 1. The molecule has 1 nitrogen and oxygen atoms in total. The summed E-state index contributed by atoms with van der Waals surface area (Å²) in [6.45, 7) is 8.66. The van der Waals surface area contributed by atoms with Crippen LogP contribution >= 0.6 is 8.58 Å². The minimum Gasteiger partial charge on any atom is -0.396 e. The Hall–Kier alpha value is -1.35. The Bertz CT molecular complexity index is 586. The summed E-state index contributed by atoms with van der Waals surface area (Å²) in [5.41, 5.74) is 3.48. The molecular weight excluding hydrogens is 275 g/mol. The van der Waals surface area contributed by atoms with E-state index >= 15 is 0 Å². The highest BCUT2D eigenvalue weighted by Gasteiger charge is 2.34. The van der Waals surface area contributed by atoms with Crippen molar-refractivity contribution in [3.63, 3.8) is 0 Å². The first-order valence-corrected chi connectivity index (χ1v) is 8.98. The van der Waals surface area contributed by atoms with Crippen LogP contribution in [0.3, 0.4) is 0 Å². The maximum atomic E-state index is 9.01. The van der Waals surface area contributed by atoms with Gasteiger partial charge in [-0.2, -0.15) is 0 Å². The second-order valence-electron chi connectivity index (χ2n) is 5.45. The molecule has 1 aromatic rings. The van der Waals surface area contributed by atoms with Crippen molar-refractivity contribution in [3.8, 4) is 11.8 Å². The van der Waals surface area contributed by atoms with E-state index in [2.05, 4.69) is 62.3 Å². The zero-order valence-electron chi connectivity index (χ0n) is 12.8. The summed E-state index contributed by atoms with van der Waals surface area (Å²) < 4.78 is 0. The Labute approximate surface area is 129 Å². The Balaban J connectivity index is 2.07. The average Bonchev–Trinajstić information content (AvgIpc) is 3.29. The molecule has 0 aliphatic heterocycles. The zero-order chi connectivity index (χ0) is 15.2. The van der Waals surface area contributed by atoms with Crippen LogP contribution in [0.25, 0.3) is 5.31 Å². The first kappa shape index (κ1) is 16.0. The van der Waals surface area contributed by atoms with Crippen LogP contribution in [0, 0.1) is 23.7 Å². The maximum absolute atomic E-state index is 9.01. The molecule has 0 bridgehead atoms. The van der Waals surface area contributed by atoms with E-state index in [-0.39, 0.29) is 6.61 Å². The van der Waals surface area contributed by atoms with Crippen LogP contribution < -0.4 is 0 Å². The monoisotopic (exact) mass is 298 g/mol. The standard InChI is InChI=1S/C19H23OP/c1-4-14(2)11-19(21-3)16-8-5-15(6-9-16)7-10-17-12-18(17)13-20/h5-6,8-9,11,17-18,20-21H,2,4,12-13H2,1,3H3/b19-11-. The first-order valence-electron chi connectivity index (χ1n) is 7.48. The second-order valence-corrected chi connectivity index (χ2v) is 6.49. The summed E-state index contributed by atoms with van der Waals surface area (Å²) in [5.74, 6) is 7.26. The highest BCUT2D eigenvalue weighted by Crippen LogP contribution is 2.37. The van der Waals surface area contributed by atoms with Crippen LogP contribution in [-0.4, -0.2) is 18.4 Å². The maximum Gasteiger partial charge on any atom is 0.0471 e. The Morgan fingerprint density at radius 2 is 2.14 bits per heavy atom.